The number of benzene rings is 1. The maximum absolute atomic E-state index is 10.9. The van der Waals surface area contributed by atoms with Crippen LogP contribution in [-0.2, 0) is 0 Å². The summed E-state index contributed by atoms with van der Waals surface area (Å²) in [7, 11) is 4.16. The van der Waals surface area contributed by atoms with E-state index in [2.05, 4.69) is 30.8 Å². The Morgan fingerprint density at radius 1 is 1.24 bits per heavy atom. The Labute approximate surface area is 127 Å². The van der Waals surface area contributed by atoms with Crippen LogP contribution in [0.4, 0.5) is 0 Å². The quantitative estimate of drug-likeness (QED) is 0.715. The molecule has 0 aliphatic heterocycles. The fraction of sp³-hybridized carbons (Fsp3) is 0.562. The summed E-state index contributed by atoms with van der Waals surface area (Å²) in [5.74, 6) is -0.321. The lowest BCUT2D eigenvalue weighted by atomic mass is 10.2. The van der Waals surface area contributed by atoms with E-state index in [1.807, 2.05) is 0 Å². The minimum atomic E-state index is -0.931. The summed E-state index contributed by atoms with van der Waals surface area (Å²) in [6.45, 7) is 6.68. The molecule has 0 radical (unpaired) electrons. The molecular formula is C16H26N2O3. The molecule has 0 saturated carbocycles. The maximum Gasteiger partial charge on any atom is 0.335 e. The van der Waals surface area contributed by atoms with Crippen LogP contribution in [0.2, 0.25) is 0 Å². The molecule has 0 bridgehead atoms. The Morgan fingerprint density at radius 3 is 2.62 bits per heavy atom. The first-order chi connectivity index (χ1) is 10.0. The Balaban J connectivity index is 2.33. The zero-order valence-electron chi connectivity index (χ0n) is 13.2. The van der Waals surface area contributed by atoms with Gasteiger partial charge in [-0.3, -0.25) is 0 Å². The Kier molecular flexibility index (Phi) is 7.79. The highest BCUT2D eigenvalue weighted by Gasteiger charge is 2.05. The van der Waals surface area contributed by atoms with Crippen molar-refractivity contribution in [2.75, 3.05) is 46.9 Å². The number of aromatic carboxylic acids is 1. The number of nitrogens with zero attached hydrogens (tertiary/aromatic N) is 2. The van der Waals surface area contributed by atoms with Crippen molar-refractivity contribution >= 4 is 5.97 Å². The maximum atomic E-state index is 10.9. The zero-order chi connectivity index (χ0) is 15.7. The van der Waals surface area contributed by atoms with Gasteiger partial charge in [0.05, 0.1) is 5.56 Å². The predicted molar refractivity (Wildman–Crippen MR) is 84.2 cm³/mol. The summed E-state index contributed by atoms with van der Waals surface area (Å²) in [6.07, 6.45) is 1.13. The van der Waals surface area contributed by atoms with Crippen molar-refractivity contribution < 1.29 is 14.6 Å². The van der Waals surface area contributed by atoms with Gasteiger partial charge in [-0.1, -0.05) is 13.0 Å². The third-order valence-electron chi connectivity index (χ3n) is 3.28. The lowest BCUT2D eigenvalue weighted by Gasteiger charge is -2.21. The van der Waals surface area contributed by atoms with Crippen LogP contribution in [0.3, 0.4) is 0 Å². The second-order valence-corrected chi connectivity index (χ2v) is 5.27. The molecule has 0 amide bonds. The molecule has 1 rings (SSSR count). The SMILES string of the molecule is CCN(CCCN(C)C)CCOc1cccc(C(=O)O)c1. The van der Waals surface area contributed by atoms with E-state index >= 15 is 0 Å². The summed E-state index contributed by atoms with van der Waals surface area (Å²) < 4.78 is 5.64. The highest BCUT2D eigenvalue weighted by Crippen LogP contribution is 2.13. The number of likely N-dealkylation sites (N-methyl/N-ethyl adjacent to an activating group) is 1. The van der Waals surface area contributed by atoms with E-state index in [1.54, 1.807) is 24.3 Å². The van der Waals surface area contributed by atoms with E-state index in [-0.39, 0.29) is 5.56 Å². The van der Waals surface area contributed by atoms with Gasteiger partial charge in [0.15, 0.2) is 0 Å². The van der Waals surface area contributed by atoms with Gasteiger partial charge in [0, 0.05) is 6.54 Å². The average molecular weight is 294 g/mol. The molecule has 0 aliphatic carbocycles. The van der Waals surface area contributed by atoms with Crippen LogP contribution in [-0.4, -0.2) is 67.8 Å². The van der Waals surface area contributed by atoms with Crippen LogP contribution >= 0.6 is 0 Å². The number of carboxylic acids is 1. The molecule has 0 heterocycles. The Hall–Kier alpha value is -1.59. The average Bonchev–Trinajstić information content (AvgIpc) is 2.45. The summed E-state index contributed by atoms with van der Waals surface area (Å²) in [5.41, 5.74) is 0.255. The Morgan fingerprint density at radius 2 is 2.00 bits per heavy atom. The molecule has 0 unspecified atom stereocenters. The van der Waals surface area contributed by atoms with Crippen LogP contribution in [0.1, 0.15) is 23.7 Å². The molecule has 21 heavy (non-hydrogen) atoms. The number of hydrogen-bond donors (Lipinski definition) is 1. The molecule has 0 spiro atoms. The number of ether oxygens (including phenoxy) is 1. The van der Waals surface area contributed by atoms with Crippen molar-refractivity contribution in [3.63, 3.8) is 0 Å². The number of hydrogen-bond acceptors (Lipinski definition) is 4. The van der Waals surface area contributed by atoms with Crippen molar-refractivity contribution in [3.05, 3.63) is 29.8 Å². The summed E-state index contributed by atoms with van der Waals surface area (Å²) in [4.78, 5) is 15.4. The van der Waals surface area contributed by atoms with Crippen LogP contribution in [0.15, 0.2) is 24.3 Å². The van der Waals surface area contributed by atoms with Gasteiger partial charge in [0.2, 0.25) is 0 Å². The summed E-state index contributed by atoms with van der Waals surface area (Å²) >= 11 is 0. The van der Waals surface area contributed by atoms with Gasteiger partial charge >= 0.3 is 5.97 Å². The van der Waals surface area contributed by atoms with Crippen molar-refractivity contribution in [1.29, 1.82) is 0 Å². The van der Waals surface area contributed by atoms with Gasteiger partial charge in [-0.05, 0) is 58.3 Å². The lowest BCUT2D eigenvalue weighted by Crippen LogP contribution is -2.31. The first-order valence-electron chi connectivity index (χ1n) is 7.36. The molecule has 0 aromatic heterocycles. The van der Waals surface area contributed by atoms with Gasteiger partial charge in [0.1, 0.15) is 12.4 Å². The zero-order valence-corrected chi connectivity index (χ0v) is 13.2. The minimum Gasteiger partial charge on any atom is -0.492 e. The largest absolute Gasteiger partial charge is 0.492 e. The fourth-order valence-electron chi connectivity index (χ4n) is 2.05. The normalized spacial score (nSPS) is 11.1. The summed E-state index contributed by atoms with van der Waals surface area (Å²) in [5, 5.41) is 8.94. The van der Waals surface area contributed by atoms with Crippen molar-refractivity contribution in [2.45, 2.75) is 13.3 Å². The first kappa shape index (κ1) is 17.5. The van der Waals surface area contributed by atoms with Gasteiger partial charge in [0.25, 0.3) is 0 Å². The van der Waals surface area contributed by atoms with E-state index in [0.717, 1.165) is 32.6 Å². The van der Waals surface area contributed by atoms with Crippen LogP contribution in [0, 0.1) is 0 Å². The molecule has 0 fully saturated rings. The molecule has 118 valence electrons. The van der Waals surface area contributed by atoms with Crippen LogP contribution in [0.25, 0.3) is 0 Å². The number of rotatable bonds is 10. The summed E-state index contributed by atoms with van der Waals surface area (Å²) in [6, 6.07) is 6.61. The highest BCUT2D eigenvalue weighted by molar-refractivity contribution is 5.87. The lowest BCUT2D eigenvalue weighted by molar-refractivity contribution is 0.0696. The van der Waals surface area contributed by atoms with Gasteiger partial charge in [-0.25, -0.2) is 4.79 Å². The van der Waals surface area contributed by atoms with Crippen molar-refractivity contribution in [2.24, 2.45) is 0 Å². The molecule has 5 heteroatoms. The van der Waals surface area contributed by atoms with Crippen molar-refractivity contribution in [3.8, 4) is 5.75 Å². The van der Waals surface area contributed by atoms with Crippen LogP contribution in [0.5, 0.6) is 5.75 Å². The molecule has 1 aromatic rings. The molecule has 1 aromatic carbocycles. The van der Waals surface area contributed by atoms with E-state index in [0.29, 0.717) is 12.4 Å². The van der Waals surface area contributed by atoms with E-state index in [4.69, 9.17) is 9.84 Å². The van der Waals surface area contributed by atoms with Gasteiger partial charge in [-0.15, -0.1) is 0 Å². The van der Waals surface area contributed by atoms with E-state index in [9.17, 15) is 4.79 Å². The van der Waals surface area contributed by atoms with Crippen LogP contribution < -0.4 is 4.74 Å². The molecule has 0 atom stereocenters. The van der Waals surface area contributed by atoms with Gasteiger partial charge in [-0.2, -0.15) is 0 Å². The fourth-order valence-corrected chi connectivity index (χ4v) is 2.05. The monoisotopic (exact) mass is 294 g/mol. The molecule has 5 nitrogen and oxygen atoms in total. The van der Waals surface area contributed by atoms with E-state index in [1.165, 1.54) is 0 Å². The predicted octanol–water partition coefficient (Wildman–Crippen LogP) is 2.04. The van der Waals surface area contributed by atoms with Gasteiger partial charge < -0.3 is 19.6 Å². The smallest absolute Gasteiger partial charge is 0.335 e. The third-order valence-corrected chi connectivity index (χ3v) is 3.28. The minimum absolute atomic E-state index is 0.255. The topological polar surface area (TPSA) is 53.0 Å². The first-order valence-corrected chi connectivity index (χ1v) is 7.36. The molecule has 0 saturated heterocycles. The highest BCUT2D eigenvalue weighted by atomic mass is 16.5. The second-order valence-electron chi connectivity index (χ2n) is 5.27. The third kappa shape index (κ3) is 7.11. The molecule has 0 aliphatic rings. The number of carbonyl (C=O) groups is 1. The Bertz CT molecular complexity index is 435. The standard InChI is InChI=1S/C16H26N2O3/c1-4-18(10-6-9-17(2)3)11-12-21-15-8-5-7-14(13-15)16(19)20/h5,7-8,13H,4,6,9-12H2,1-3H3,(H,19,20). The van der Waals surface area contributed by atoms with E-state index < -0.39 is 5.97 Å². The second kappa shape index (κ2) is 9.37. The molecule has 1 N–H and O–H groups in total. The molecular weight excluding hydrogens is 268 g/mol. The van der Waals surface area contributed by atoms with Crippen molar-refractivity contribution in [1.82, 2.24) is 9.80 Å². The number of carboxylic acid groups (broad SMARTS) is 1.